The number of rotatable bonds is 2. The first-order valence-corrected chi connectivity index (χ1v) is 2.42. The topological polar surface area (TPSA) is 69.4 Å². The summed E-state index contributed by atoms with van der Waals surface area (Å²) in [6.45, 7) is 1.99. The highest BCUT2D eigenvalue weighted by Gasteiger charge is 1.90. The molecule has 48 valence electrons. The van der Waals surface area contributed by atoms with E-state index in [0.29, 0.717) is 6.42 Å². The first kappa shape index (κ1) is 7.23. The lowest BCUT2D eigenvalue weighted by Crippen LogP contribution is -2.30. The van der Waals surface area contributed by atoms with Crippen LogP contribution >= 0.6 is 0 Å². The van der Waals surface area contributed by atoms with E-state index in [4.69, 9.17) is 0 Å². The summed E-state index contributed by atoms with van der Waals surface area (Å²) in [5.41, 5.74) is 4.60. The van der Waals surface area contributed by atoms with E-state index in [1.54, 1.807) is 6.92 Å². The maximum atomic E-state index is 10.2. The van der Waals surface area contributed by atoms with Gasteiger partial charge in [0.15, 0.2) is 0 Å². The summed E-state index contributed by atoms with van der Waals surface area (Å²) in [5.74, 6) is 0. The average Bonchev–Trinajstić information content (AvgIpc) is 1.67. The minimum Gasteiger partial charge on any atom is -0.755 e. The quantitative estimate of drug-likeness (QED) is 0.527. The number of nitrogens with two attached hydrogens (primary N) is 1. The fourth-order valence-electron chi connectivity index (χ4n) is 0.313. The van der Waals surface area contributed by atoms with E-state index in [9.17, 15) is 10.0 Å². The normalized spacial score (nSPS) is 8.75. The van der Waals surface area contributed by atoms with Crippen LogP contribution in [0, 0.1) is 5.21 Å². The first-order valence-electron chi connectivity index (χ1n) is 2.42. The first-order chi connectivity index (χ1) is 3.68. The molecule has 0 atom stereocenters. The Morgan fingerprint density at radius 3 is 2.50 bits per heavy atom. The Kier molecular flexibility index (Phi) is 2.95. The van der Waals surface area contributed by atoms with Gasteiger partial charge in [0.05, 0.1) is 0 Å². The molecule has 0 aromatic rings. The molecule has 0 unspecified atom stereocenters. The lowest BCUT2D eigenvalue weighted by Gasteiger charge is -2.24. The molecule has 0 heterocycles. The molecule has 4 heteroatoms. The molecule has 4 nitrogen and oxygen atoms in total. The molecule has 0 aliphatic heterocycles. The van der Waals surface area contributed by atoms with E-state index in [-0.39, 0.29) is 11.6 Å². The number of hydroxylamine groups is 2. The van der Waals surface area contributed by atoms with E-state index in [2.05, 4.69) is 5.73 Å². The average molecular weight is 117 g/mol. The molecule has 0 saturated carbocycles. The summed E-state index contributed by atoms with van der Waals surface area (Å²) in [4.78, 5) is 9.92. The van der Waals surface area contributed by atoms with Crippen molar-refractivity contribution in [3.8, 4) is 0 Å². The second kappa shape index (κ2) is 3.26. The number of amides is 2. The van der Waals surface area contributed by atoms with Gasteiger partial charge in [-0.2, -0.15) is 0 Å². The van der Waals surface area contributed by atoms with Crippen molar-refractivity contribution in [3.63, 3.8) is 0 Å². The molecular formula is C4H9N2O2-. The van der Waals surface area contributed by atoms with E-state index in [0.717, 1.165) is 0 Å². The molecule has 2 N–H and O–H groups in total. The van der Waals surface area contributed by atoms with Gasteiger partial charge in [0.25, 0.3) is 0 Å². The highest BCUT2D eigenvalue weighted by atomic mass is 16.5. The Morgan fingerprint density at radius 1 is 1.88 bits per heavy atom. The lowest BCUT2D eigenvalue weighted by molar-refractivity contribution is 0.225. The van der Waals surface area contributed by atoms with Gasteiger partial charge in [-0.15, -0.1) is 0 Å². The van der Waals surface area contributed by atoms with Gasteiger partial charge in [0.2, 0.25) is 0 Å². The van der Waals surface area contributed by atoms with Crippen LogP contribution in [-0.4, -0.2) is 17.6 Å². The predicted octanol–water partition coefficient (Wildman–Crippen LogP) is 0.275. The van der Waals surface area contributed by atoms with Crippen molar-refractivity contribution in [1.82, 2.24) is 5.06 Å². The number of primary amides is 1. The zero-order valence-electron chi connectivity index (χ0n) is 4.76. The number of urea groups is 1. The molecule has 0 aliphatic rings. The van der Waals surface area contributed by atoms with Crippen molar-refractivity contribution in [2.24, 2.45) is 5.73 Å². The van der Waals surface area contributed by atoms with Crippen LogP contribution in [0.25, 0.3) is 0 Å². The van der Waals surface area contributed by atoms with Crippen molar-refractivity contribution in [3.05, 3.63) is 5.21 Å². The minimum atomic E-state index is -0.910. The molecule has 0 saturated heterocycles. The Hall–Kier alpha value is -0.770. The van der Waals surface area contributed by atoms with E-state index in [1.807, 2.05) is 0 Å². The van der Waals surface area contributed by atoms with Crippen LogP contribution in [0.4, 0.5) is 4.79 Å². The summed E-state index contributed by atoms with van der Waals surface area (Å²) in [6, 6.07) is -0.910. The fraction of sp³-hybridized carbons (Fsp3) is 0.750. The van der Waals surface area contributed by atoms with Crippen LogP contribution in [0.5, 0.6) is 0 Å². The fourth-order valence-corrected chi connectivity index (χ4v) is 0.313. The van der Waals surface area contributed by atoms with Crippen LogP contribution in [-0.2, 0) is 0 Å². The Morgan fingerprint density at radius 2 is 2.38 bits per heavy atom. The van der Waals surface area contributed by atoms with Gasteiger partial charge < -0.3 is 16.0 Å². The zero-order valence-corrected chi connectivity index (χ0v) is 4.76. The summed E-state index contributed by atoms with van der Waals surface area (Å²) < 4.78 is 0. The van der Waals surface area contributed by atoms with Gasteiger partial charge in [-0.25, -0.2) is 4.79 Å². The number of carbonyl (C=O) groups excluding carboxylic acids is 1. The minimum absolute atomic E-state index is 0.190. The predicted molar refractivity (Wildman–Crippen MR) is 29.9 cm³/mol. The lowest BCUT2D eigenvalue weighted by atomic mass is 10.5. The molecule has 8 heavy (non-hydrogen) atoms. The molecule has 0 fully saturated rings. The van der Waals surface area contributed by atoms with Crippen molar-refractivity contribution < 1.29 is 4.79 Å². The summed E-state index contributed by atoms with van der Waals surface area (Å²) >= 11 is 0. The van der Waals surface area contributed by atoms with Gasteiger partial charge in [-0.1, -0.05) is 6.92 Å². The molecule has 0 aromatic carbocycles. The smallest absolute Gasteiger partial charge is 0.304 e. The largest absolute Gasteiger partial charge is 0.755 e. The third-order valence-corrected chi connectivity index (χ3v) is 0.673. The summed E-state index contributed by atoms with van der Waals surface area (Å²) in [6.07, 6.45) is 0.645. The summed E-state index contributed by atoms with van der Waals surface area (Å²) in [5, 5.41) is 10.4. The molecule has 0 aliphatic carbocycles. The third kappa shape index (κ3) is 2.41. The van der Waals surface area contributed by atoms with E-state index >= 15 is 0 Å². The Bertz CT molecular complexity index is 84.1. The second-order valence-electron chi connectivity index (χ2n) is 1.44. The SMILES string of the molecule is CCCN([O-])C(N)=O. The van der Waals surface area contributed by atoms with Gasteiger partial charge >= 0.3 is 6.03 Å². The van der Waals surface area contributed by atoms with Gasteiger partial charge in [-0.3, -0.25) is 0 Å². The van der Waals surface area contributed by atoms with E-state index < -0.39 is 6.03 Å². The highest BCUT2D eigenvalue weighted by Crippen LogP contribution is 1.84. The maximum Gasteiger partial charge on any atom is 0.304 e. The number of hydrogen-bond acceptors (Lipinski definition) is 2. The molecule has 2 amide bonds. The van der Waals surface area contributed by atoms with Crippen molar-refractivity contribution in [2.75, 3.05) is 6.54 Å². The molecule has 0 bridgehead atoms. The van der Waals surface area contributed by atoms with Gasteiger partial charge in [-0.05, 0) is 6.42 Å². The molecule has 0 aromatic heterocycles. The standard InChI is InChI=1S/C4H9N2O2/c1-2-3-6(8)4(5)7/h2-3H2,1H3,(H2,5,7)/q-1. The second-order valence-corrected chi connectivity index (χ2v) is 1.44. The number of hydrogen-bond donors (Lipinski definition) is 1. The van der Waals surface area contributed by atoms with Crippen LogP contribution in [0.3, 0.4) is 0 Å². The number of carbonyl (C=O) groups is 1. The van der Waals surface area contributed by atoms with E-state index in [1.165, 1.54) is 0 Å². The van der Waals surface area contributed by atoms with Crippen LogP contribution < -0.4 is 5.73 Å². The third-order valence-electron chi connectivity index (χ3n) is 0.673. The van der Waals surface area contributed by atoms with Gasteiger partial charge in [0.1, 0.15) is 0 Å². The number of nitrogens with zero attached hydrogens (tertiary/aromatic N) is 1. The van der Waals surface area contributed by atoms with Gasteiger partial charge in [0, 0.05) is 6.54 Å². The monoisotopic (exact) mass is 117 g/mol. The maximum absolute atomic E-state index is 10.2. The van der Waals surface area contributed by atoms with Crippen molar-refractivity contribution in [1.29, 1.82) is 0 Å². The molecule has 0 rings (SSSR count). The highest BCUT2D eigenvalue weighted by molar-refractivity contribution is 5.72. The molecule has 0 spiro atoms. The Labute approximate surface area is 47.8 Å². The molecule has 0 radical (unpaired) electrons. The molecular weight excluding hydrogens is 108 g/mol. The van der Waals surface area contributed by atoms with Crippen molar-refractivity contribution in [2.45, 2.75) is 13.3 Å². The zero-order chi connectivity index (χ0) is 6.57. The van der Waals surface area contributed by atoms with Crippen LogP contribution in [0.15, 0.2) is 0 Å². The van der Waals surface area contributed by atoms with Crippen molar-refractivity contribution >= 4 is 6.03 Å². The summed E-state index contributed by atoms with van der Waals surface area (Å²) in [7, 11) is 0. The van der Waals surface area contributed by atoms with Crippen LogP contribution in [0.2, 0.25) is 0 Å². The van der Waals surface area contributed by atoms with Crippen LogP contribution in [0.1, 0.15) is 13.3 Å². The Balaban J connectivity index is 3.32.